The zero-order valence-electron chi connectivity index (χ0n) is 13.4. The summed E-state index contributed by atoms with van der Waals surface area (Å²) in [5.74, 6) is 5.81. The third-order valence-electron chi connectivity index (χ3n) is 4.00. The highest BCUT2D eigenvalue weighted by molar-refractivity contribution is 5.40. The Morgan fingerprint density at radius 2 is 1.81 bits per heavy atom. The number of benzene rings is 1. The lowest BCUT2D eigenvalue weighted by Crippen LogP contribution is -2.31. The molecule has 3 nitrogen and oxygen atoms in total. The normalized spacial score (nSPS) is 12.4. The van der Waals surface area contributed by atoms with Gasteiger partial charge in [-0.05, 0) is 55.5 Å². The second-order valence-corrected chi connectivity index (χ2v) is 5.75. The van der Waals surface area contributed by atoms with E-state index >= 15 is 0 Å². The van der Waals surface area contributed by atoms with Crippen molar-refractivity contribution in [2.24, 2.45) is 5.84 Å². The van der Waals surface area contributed by atoms with E-state index in [0.29, 0.717) is 0 Å². The number of pyridine rings is 1. The molecule has 0 aliphatic rings. The standard InChI is InChI=1S/C18H25N3/c1-5-15-6-7-16(20-11-15)10-17(21-19)18-13(3)8-12(2)9-14(18)4/h6-9,11,17,21H,5,10,19H2,1-4H3. The van der Waals surface area contributed by atoms with Gasteiger partial charge >= 0.3 is 0 Å². The van der Waals surface area contributed by atoms with Gasteiger partial charge in [-0.2, -0.15) is 0 Å². The highest BCUT2D eigenvalue weighted by Crippen LogP contribution is 2.25. The molecule has 0 aliphatic heterocycles. The van der Waals surface area contributed by atoms with Crippen molar-refractivity contribution in [2.75, 3.05) is 0 Å². The van der Waals surface area contributed by atoms with Gasteiger partial charge in [0.25, 0.3) is 0 Å². The summed E-state index contributed by atoms with van der Waals surface area (Å²) < 4.78 is 0. The lowest BCUT2D eigenvalue weighted by molar-refractivity contribution is 0.540. The maximum Gasteiger partial charge on any atom is 0.0520 e. The number of nitrogens with two attached hydrogens (primary N) is 1. The second-order valence-electron chi connectivity index (χ2n) is 5.75. The van der Waals surface area contributed by atoms with Crippen molar-refractivity contribution in [3.63, 3.8) is 0 Å². The topological polar surface area (TPSA) is 50.9 Å². The highest BCUT2D eigenvalue weighted by atomic mass is 15.2. The van der Waals surface area contributed by atoms with Crippen LogP contribution in [0.25, 0.3) is 0 Å². The molecule has 1 unspecified atom stereocenters. The van der Waals surface area contributed by atoms with Crippen LogP contribution < -0.4 is 11.3 Å². The van der Waals surface area contributed by atoms with Gasteiger partial charge < -0.3 is 0 Å². The molecular formula is C18H25N3. The molecule has 0 bridgehead atoms. The van der Waals surface area contributed by atoms with Gasteiger partial charge in [0.1, 0.15) is 0 Å². The van der Waals surface area contributed by atoms with Crippen molar-refractivity contribution >= 4 is 0 Å². The summed E-state index contributed by atoms with van der Waals surface area (Å²) >= 11 is 0. The maximum absolute atomic E-state index is 5.81. The molecule has 0 saturated carbocycles. The van der Waals surface area contributed by atoms with Crippen molar-refractivity contribution in [3.8, 4) is 0 Å². The third-order valence-corrected chi connectivity index (χ3v) is 4.00. The second kappa shape index (κ2) is 6.83. The van der Waals surface area contributed by atoms with Crippen molar-refractivity contribution < 1.29 is 0 Å². The van der Waals surface area contributed by atoms with Crippen molar-refractivity contribution in [1.82, 2.24) is 10.4 Å². The van der Waals surface area contributed by atoms with E-state index in [0.717, 1.165) is 18.5 Å². The van der Waals surface area contributed by atoms with Gasteiger partial charge in [0.05, 0.1) is 6.04 Å². The molecule has 0 aliphatic carbocycles. The van der Waals surface area contributed by atoms with Crippen molar-refractivity contribution in [1.29, 1.82) is 0 Å². The molecule has 2 aromatic rings. The van der Waals surface area contributed by atoms with Gasteiger partial charge in [-0.25, -0.2) is 0 Å². The fourth-order valence-corrected chi connectivity index (χ4v) is 2.98. The number of nitrogens with zero attached hydrogens (tertiary/aromatic N) is 1. The van der Waals surface area contributed by atoms with E-state index in [2.05, 4.69) is 62.4 Å². The molecule has 1 atom stereocenters. The van der Waals surface area contributed by atoms with Gasteiger partial charge in [0.15, 0.2) is 0 Å². The van der Waals surface area contributed by atoms with Gasteiger partial charge in [-0.1, -0.05) is 30.7 Å². The Hall–Kier alpha value is -1.71. The average molecular weight is 283 g/mol. The first-order valence-corrected chi connectivity index (χ1v) is 7.52. The van der Waals surface area contributed by atoms with Crippen LogP contribution in [0.5, 0.6) is 0 Å². The smallest absolute Gasteiger partial charge is 0.0520 e. The van der Waals surface area contributed by atoms with Crippen molar-refractivity contribution in [2.45, 2.75) is 46.6 Å². The number of hydrogen-bond acceptors (Lipinski definition) is 3. The van der Waals surface area contributed by atoms with Crippen LogP contribution in [0.4, 0.5) is 0 Å². The Morgan fingerprint density at radius 3 is 2.29 bits per heavy atom. The Bertz CT molecular complexity index is 579. The molecule has 112 valence electrons. The maximum atomic E-state index is 5.81. The molecule has 0 amide bonds. The predicted octanol–water partition coefficient (Wildman–Crippen LogP) is 3.32. The van der Waals surface area contributed by atoms with Gasteiger partial charge in [0.2, 0.25) is 0 Å². The quantitative estimate of drug-likeness (QED) is 0.654. The number of aromatic nitrogens is 1. The molecule has 0 saturated heterocycles. The minimum Gasteiger partial charge on any atom is -0.271 e. The summed E-state index contributed by atoms with van der Waals surface area (Å²) in [5.41, 5.74) is 10.4. The number of hydrazine groups is 1. The van der Waals surface area contributed by atoms with Crippen LogP contribution in [0, 0.1) is 20.8 Å². The minimum absolute atomic E-state index is 0.0885. The molecule has 3 N–H and O–H groups in total. The van der Waals surface area contributed by atoms with E-state index in [4.69, 9.17) is 5.84 Å². The van der Waals surface area contributed by atoms with E-state index in [1.807, 2.05) is 6.20 Å². The molecular weight excluding hydrogens is 258 g/mol. The fraction of sp³-hybridized carbons (Fsp3) is 0.389. The van der Waals surface area contributed by atoms with Crippen LogP contribution in [0.3, 0.4) is 0 Å². The van der Waals surface area contributed by atoms with Crippen LogP contribution >= 0.6 is 0 Å². The number of hydrogen-bond donors (Lipinski definition) is 2. The van der Waals surface area contributed by atoms with Crippen molar-refractivity contribution in [3.05, 3.63) is 64.0 Å². The average Bonchev–Trinajstić information content (AvgIpc) is 2.45. The molecule has 1 heterocycles. The first-order valence-electron chi connectivity index (χ1n) is 7.52. The molecule has 0 spiro atoms. The van der Waals surface area contributed by atoms with Gasteiger partial charge in [0, 0.05) is 18.3 Å². The molecule has 1 aromatic carbocycles. The third kappa shape index (κ3) is 3.69. The monoisotopic (exact) mass is 283 g/mol. The molecule has 1 aromatic heterocycles. The lowest BCUT2D eigenvalue weighted by Gasteiger charge is -2.21. The molecule has 0 radical (unpaired) electrons. The first-order chi connectivity index (χ1) is 10.0. The van der Waals surface area contributed by atoms with E-state index in [1.165, 1.54) is 27.8 Å². The largest absolute Gasteiger partial charge is 0.271 e. The van der Waals surface area contributed by atoms with E-state index < -0.39 is 0 Å². The summed E-state index contributed by atoms with van der Waals surface area (Å²) in [5, 5.41) is 0. The molecule has 2 rings (SSSR count). The van der Waals surface area contributed by atoms with Crippen LogP contribution in [-0.2, 0) is 12.8 Å². The molecule has 3 heteroatoms. The Morgan fingerprint density at radius 1 is 1.14 bits per heavy atom. The lowest BCUT2D eigenvalue weighted by atomic mass is 9.92. The zero-order chi connectivity index (χ0) is 15.4. The highest BCUT2D eigenvalue weighted by Gasteiger charge is 2.16. The van der Waals surface area contributed by atoms with Gasteiger partial charge in [-0.3, -0.25) is 16.3 Å². The Labute approximate surface area is 127 Å². The van der Waals surface area contributed by atoms with E-state index in [-0.39, 0.29) is 6.04 Å². The number of nitrogens with one attached hydrogen (secondary N) is 1. The van der Waals surface area contributed by atoms with Crippen LogP contribution in [-0.4, -0.2) is 4.98 Å². The molecule has 21 heavy (non-hydrogen) atoms. The number of rotatable bonds is 5. The van der Waals surface area contributed by atoms with Crippen LogP contribution in [0.15, 0.2) is 30.5 Å². The predicted molar refractivity (Wildman–Crippen MR) is 88.0 cm³/mol. The summed E-state index contributed by atoms with van der Waals surface area (Å²) in [6.45, 7) is 8.56. The van der Waals surface area contributed by atoms with E-state index in [1.54, 1.807) is 0 Å². The number of aryl methyl sites for hydroxylation is 4. The van der Waals surface area contributed by atoms with E-state index in [9.17, 15) is 0 Å². The van der Waals surface area contributed by atoms with Crippen LogP contribution in [0.1, 0.15) is 46.5 Å². The fourth-order valence-electron chi connectivity index (χ4n) is 2.98. The first kappa shape index (κ1) is 15.7. The molecule has 0 fully saturated rings. The minimum atomic E-state index is 0.0885. The summed E-state index contributed by atoms with van der Waals surface area (Å²) in [6.07, 6.45) is 3.77. The summed E-state index contributed by atoms with van der Waals surface area (Å²) in [6, 6.07) is 8.75. The van der Waals surface area contributed by atoms with Crippen LogP contribution in [0.2, 0.25) is 0 Å². The van der Waals surface area contributed by atoms with Gasteiger partial charge in [-0.15, -0.1) is 0 Å². The Kier molecular flexibility index (Phi) is 5.10. The summed E-state index contributed by atoms with van der Waals surface area (Å²) in [4.78, 5) is 4.54. The zero-order valence-corrected chi connectivity index (χ0v) is 13.4. The Balaban J connectivity index is 2.27. The summed E-state index contributed by atoms with van der Waals surface area (Å²) in [7, 11) is 0. The SMILES string of the molecule is CCc1ccc(CC(NN)c2c(C)cc(C)cc2C)nc1.